The fourth-order valence-electron chi connectivity index (χ4n) is 2.70. The fourth-order valence-corrected chi connectivity index (χ4v) is 2.83. The number of aromatic nitrogens is 2. The van der Waals surface area contributed by atoms with Gasteiger partial charge in [-0.3, -0.25) is 0 Å². The van der Waals surface area contributed by atoms with E-state index in [0.717, 1.165) is 11.3 Å². The number of hydrogen-bond acceptors (Lipinski definition) is 6. The molecule has 0 saturated heterocycles. The number of hydrogen-bond donors (Lipinski definition) is 1. The van der Waals surface area contributed by atoms with Gasteiger partial charge in [0.05, 0.1) is 26.0 Å². The minimum Gasteiger partial charge on any atom is -0.497 e. The molecule has 0 aliphatic carbocycles. The number of methoxy groups -OCH3 is 1. The van der Waals surface area contributed by atoms with Gasteiger partial charge in [0.2, 0.25) is 5.28 Å². The zero-order chi connectivity index (χ0) is 19.3. The molecule has 1 aromatic heterocycles. The van der Waals surface area contributed by atoms with E-state index in [0.29, 0.717) is 18.2 Å². The van der Waals surface area contributed by atoms with Gasteiger partial charge in [0, 0.05) is 7.05 Å². The van der Waals surface area contributed by atoms with Crippen LogP contribution in [0.2, 0.25) is 5.28 Å². The molecule has 0 unspecified atom stereocenters. The van der Waals surface area contributed by atoms with Gasteiger partial charge in [0.15, 0.2) is 11.6 Å². The Bertz CT molecular complexity index is 717. The summed E-state index contributed by atoms with van der Waals surface area (Å²) in [5.74, 6) is 1.85. The highest BCUT2D eigenvalue weighted by atomic mass is 35.5. The Kier molecular flexibility index (Phi) is 6.67. The van der Waals surface area contributed by atoms with Crippen LogP contribution < -0.4 is 14.4 Å². The number of rotatable bonds is 7. The van der Waals surface area contributed by atoms with Crippen LogP contribution in [-0.4, -0.2) is 41.9 Å². The maximum absolute atomic E-state index is 9.84. The van der Waals surface area contributed by atoms with Crippen molar-refractivity contribution in [1.29, 1.82) is 0 Å². The first-order chi connectivity index (χ1) is 12.3. The number of aliphatic hydroxyl groups excluding tert-OH is 1. The highest BCUT2D eigenvalue weighted by Crippen LogP contribution is 2.32. The van der Waals surface area contributed by atoms with Gasteiger partial charge in [-0.15, -0.1) is 0 Å². The Balaban J connectivity index is 2.23. The van der Waals surface area contributed by atoms with E-state index in [9.17, 15) is 5.11 Å². The topological polar surface area (TPSA) is 67.7 Å². The lowest BCUT2D eigenvalue weighted by atomic mass is 9.86. The van der Waals surface area contributed by atoms with Crippen LogP contribution in [0.4, 0.5) is 5.82 Å². The van der Waals surface area contributed by atoms with Crippen molar-refractivity contribution in [3.05, 3.63) is 41.3 Å². The van der Waals surface area contributed by atoms with Gasteiger partial charge >= 0.3 is 0 Å². The van der Waals surface area contributed by atoms with Crippen LogP contribution in [-0.2, 0) is 6.61 Å². The third kappa shape index (κ3) is 4.99. The second-order valence-corrected chi connectivity index (χ2v) is 7.48. The molecule has 7 heteroatoms. The largest absolute Gasteiger partial charge is 0.497 e. The summed E-state index contributed by atoms with van der Waals surface area (Å²) in [6.07, 6.45) is 1.56. The lowest BCUT2D eigenvalue weighted by Crippen LogP contribution is -2.45. The second-order valence-electron chi connectivity index (χ2n) is 7.14. The van der Waals surface area contributed by atoms with Crippen LogP contribution in [0.15, 0.2) is 30.5 Å². The number of nitrogens with zero attached hydrogens (tertiary/aromatic N) is 3. The minimum absolute atomic E-state index is 0.0143. The van der Waals surface area contributed by atoms with Gasteiger partial charge in [-0.05, 0) is 34.7 Å². The monoisotopic (exact) mass is 379 g/mol. The van der Waals surface area contributed by atoms with E-state index in [2.05, 4.69) is 30.7 Å². The summed E-state index contributed by atoms with van der Waals surface area (Å²) in [6.45, 7) is 6.52. The number of benzene rings is 1. The average molecular weight is 380 g/mol. The van der Waals surface area contributed by atoms with Crippen molar-refractivity contribution in [3.8, 4) is 11.5 Å². The summed E-state index contributed by atoms with van der Waals surface area (Å²) in [6, 6.07) is 7.48. The molecule has 0 amide bonds. The van der Waals surface area contributed by atoms with Gasteiger partial charge in [-0.1, -0.05) is 32.9 Å². The molecule has 0 saturated carbocycles. The van der Waals surface area contributed by atoms with Gasteiger partial charge in [0.25, 0.3) is 0 Å². The Hall–Kier alpha value is -2.05. The van der Waals surface area contributed by atoms with Crippen molar-refractivity contribution < 1.29 is 14.6 Å². The Morgan fingerprint density at radius 1 is 1.23 bits per heavy atom. The number of aliphatic hydroxyl groups is 1. The molecule has 26 heavy (non-hydrogen) atoms. The minimum atomic E-state index is -0.159. The lowest BCUT2D eigenvalue weighted by molar-refractivity contribution is 0.183. The van der Waals surface area contributed by atoms with Crippen molar-refractivity contribution in [2.24, 2.45) is 5.41 Å². The average Bonchev–Trinajstić information content (AvgIpc) is 2.60. The summed E-state index contributed by atoms with van der Waals surface area (Å²) in [5.41, 5.74) is 0.831. The van der Waals surface area contributed by atoms with Crippen LogP contribution in [0.5, 0.6) is 11.5 Å². The van der Waals surface area contributed by atoms with E-state index in [1.54, 1.807) is 13.3 Å². The van der Waals surface area contributed by atoms with Gasteiger partial charge in [0.1, 0.15) is 12.4 Å². The summed E-state index contributed by atoms with van der Waals surface area (Å²) in [7, 11) is 3.50. The molecule has 1 atom stereocenters. The molecule has 6 nitrogen and oxygen atoms in total. The molecule has 0 aliphatic heterocycles. The number of ether oxygens (including phenoxy) is 2. The first-order valence-corrected chi connectivity index (χ1v) is 8.76. The third-order valence-electron chi connectivity index (χ3n) is 4.23. The Morgan fingerprint density at radius 3 is 2.42 bits per heavy atom. The maximum atomic E-state index is 9.84. The van der Waals surface area contributed by atoms with Crippen LogP contribution in [0.3, 0.4) is 0 Å². The molecule has 1 aromatic carbocycles. The van der Waals surface area contributed by atoms with E-state index in [1.165, 1.54) is 0 Å². The molecular formula is C19H26ClN3O3. The molecule has 0 bridgehead atoms. The van der Waals surface area contributed by atoms with Crippen LogP contribution >= 0.6 is 11.6 Å². The lowest BCUT2D eigenvalue weighted by Gasteiger charge is -2.37. The molecular weight excluding hydrogens is 354 g/mol. The summed E-state index contributed by atoms with van der Waals surface area (Å²) >= 11 is 5.99. The van der Waals surface area contributed by atoms with Crippen LogP contribution in [0.1, 0.15) is 26.3 Å². The molecule has 0 spiro atoms. The van der Waals surface area contributed by atoms with Gasteiger partial charge < -0.3 is 19.5 Å². The highest BCUT2D eigenvalue weighted by molar-refractivity contribution is 6.28. The van der Waals surface area contributed by atoms with Gasteiger partial charge in [-0.25, -0.2) is 4.98 Å². The first-order valence-electron chi connectivity index (χ1n) is 8.38. The zero-order valence-electron chi connectivity index (χ0n) is 15.9. The Morgan fingerprint density at radius 2 is 1.88 bits per heavy atom. The molecule has 2 aromatic rings. The fraction of sp³-hybridized carbons (Fsp3) is 0.474. The summed E-state index contributed by atoms with van der Waals surface area (Å²) in [4.78, 5) is 10.2. The number of anilines is 1. The summed E-state index contributed by atoms with van der Waals surface area (Å²) in [5, 5.41) is 9.97. The maximum Gasteiger partial charge on any atom is 0.224 e. The predicted molar refractivity (Wildman–Crippen MR) is 103 cm³/mol. The molecule has 142 valence electrons. The van der Waals surface area contributed by atoms with Crippen molar-refractivity contribution >= 4 is 17.4 Å². The van der Waals surface area contributed by atoms with Gasteiger partial charge in [-0.2, -0.15) is 4.98 Å². The van der Waals surface area contributed by atoms with E-state index in [4.69, 9.17) is 21.1 Å². The molecule has 2 rings (SSSR count). The zero-order valence-corrected chi connectivity index (χ0v) is 16.6. The molecule has 1 N–H and O–H groups in total. The first kappa shape index (κ1) is 20.3. The molecule has 0 radical (unpaired) electrons. The van der Waals surface area contributed by atoms with Crippen molar-refractivity contribution in [1.82, 2.24) is 9.97 Å². The smallest absolute Gasteiger partial charge is 0.224 e. The number of halogens is 1. The molecule has 1 heterocycles. The highest BCUT2D eigenvalue weighted by Gasteiger charge is 2.30. The second kappa shape index (κ2) is 8.56. The molecule has 0 aliphatic rings. The summed E-state index contributed by atoms with van der Waals surface area (Å²) < 4.78 is 11.1. The van der Waals surface area contributed by atoms with Crippen molar-refractivity contribution in [2.75, 3.05) is 25.7 Å². The SMILES string of the molecule is COc1ccc(COc2cnc(Cl)nc2N(C)[C@H](CO)C(C)(C)C)cc1. The van der Waals surface area contributed by atoms with E-state index in [1.807, 2.05) is 36.2 Å². The van der Waals surface area contributed by atoms with Crippen molar-refractivity contribution in [3.63, 3.8) is 0 Å². The Labute approximate surface area is 159 Å². The van der Waals surface area contributed by atoms with E-state index >= 15 is 0 Å². The normalized spacial score (nSPS) is 12.6. The third-order valence-corrected chi connectivity index (χ3v) is 4.42. The van der Waals surface area contributed by atoms with Crippen molar-refractivity contribution in [2.45, 2.75) is 33.4 Å². The van der Waals surface area contributed by atoms with Crippen LogP contribution in [0, 0.1) is 5.41 Å². The van der Waals surface area contributed by atoms with E-state index < -0.39 is 0 Å². The standard InChI is InChI=1S/C19H26ClN3O3/c1-19(2,3)16(11-24)23(4)17-15(10-21-18(20)22-17)26-12-13-6-8-14(25-5)9-7-13/h6-10,16,24H,11-12H2,1-5H3/t16-/m1/s1. The quantitative estimate of drug-likeness (QED) is 0.742. The predicted octanol–water partition coefficient (Wildman–Crippen LogP) is 3.56. The van der Waals surface area contributed by atoms with Crippen LogP contribution in [0.25, 0.3) is 0 Å². The number of likely N-dealkylation sites (N-methyl/N-ethyl adjacent to an activating group) is 1. The van der Waals surface area contributed by atoms with E-state index in [-0.39, 0.29) is 23.3 Å². The molecule has 0 fully saturated rings.